The lowest BCUT2D eigenvalue weighted by Crippen LogP contribution is -2.35. The molecular weight excluding hydrogens is 424 g/mol. The third kappa shape index (κ3) is 4.38. The van der Waals surface area contributed by atoms with Crippen molar-refractivity contribution in [3.05, 3.63) is 53.6 Å². The van der Waals surface area contributed by atoms with Crippen LogP contribution >= 0.6 is 11.8 Å². The summed E-state index contributed by atoms with van der Waals surface area (Å²) in [5, 5.41) is 0.467. The van der Waals surface area contributed by atoms with Crippen LogP contribution in [0.25, 0.3) is 11.1 Å². The van der Waals surface area contributed by atoms with Gasteiger partial charge in [-0.2, -0.15) is 4.31 Å². The molecule has 0 unspecified atom stereocenters. The average molecular weight is 447 g/mol. The number of carbonyl (C=O) groups excluding carboxylic acids is 1. The number of thioether (sulfide) groups is 1. The second-order valence-electron chi connectivity index (χ2n) is 7.05. The highest BCUT2D eigenvalue weighted by atomic mass is 32.2. The first-order valence-electron chi connectivity index (χ1n) is 9.68. The fourth-order valence-electron chi connectivity index (χ4n) is 3.36. The molecule has 1 saturated heterocycles. The van der Waals surface area contributed by atoms with Crippen LogP contribution in [0.2, 0.25) is 0 Å². The molecule has 1 aliphatic rings. The number of piperidine rings is 1. The highest BCUT2D eigenvalue weighted by molar-refractivity contribution is 7.98. The number of esters is 1. The summed E-state index contributed by atoms with van der Waals surface area (Å²) < 4.78 is 37.7. The van der Waals surface area contributed by atoms with E-state index in [1.54, 1.807) is 34.6 Å². The first-order valence-corrected chi connectivity index (χ1v) is 12.1. The van der Waals surface area contributed by atoms with Gasteiger partial charge in [0.05, 0.1) is 17.6 Å². The fraction of sp³-hybridized carbons (Fsp3) is 0.333. The maximum atomic E-state index is 12.9. The molecule has 3 aromatic rings. The summed E-state index contributed by atoms with van der Waals surface area (Å²) in [5.41, 5.74) is 2.58. The number of oxazole rings is 1. The monoisotopic (exact) mass is 446 g/mol. The van der Waals surface area contributed by atoms with Crippen LogP contribution in [0.15, 0.2) is 57.0 Å². The zero-order valence-corrected chi connectivity index (χ0v) is 18.2. The van der Waals surface area contributed by atoms with Crippen molar-refractivity contribution in [1.29, 1.82) is 0 Å². The first kappa shape index (κ1) is 20.9. The number of rotatable bonds is 6. The summed E-state index contributed by atoms with van der Waals surface area (Å²) in [7, 11) is -2.16. The molecule has 0 N–H and O–H groups in total. The Hall–Kier alpha value is -2.36. The van der Waals surface area contributed by atoms with E-state index in [0.717, 1.165) is 24.8 Å². The van der Waals surface area contributed by atoms with Crippen LogP contribution in [-0.2, 0) is 20.5 Å². The van der Waals surface area contributed by atoms with Crippen LogP contribution in [0.5, 0.6) is 0 Å². The third-order valence-electron chi connectivity index (χ3n) is 5.03. The molecule has 0 atom stereocenters. The zero-order valence-electron chi connectivity index (χ0n) is 16.5. The van der Waals surface area contributed by atoms with Gasteiger partial charge in [-0.3, -0.25) is 0 Å². The molecule has 0 radical (unpaired) electrons. The molecule has 2 aromatic carbocycles. The Labute approximate surface area is 179 Å². The number of fused-ring (bicyclic) bond motifs is 1. The Bertz CT molecular complexity index is 1150. The number of nitrogens with zero attached hydrogens (tertiary/aromatic N) is 2. The lowest BCUT2D eigenvalue weighted by molar-refractivity contribution is 0.0600. The van der Waals surface area contributed by atoms with Crippen LogP contribution in [0.1, 0.15) is 35.2 Å². The Balaban J connectivity index is 1.48. The number of benzene rings is 2. The molecule has 0 aliphatic carbocycles. The van der Waals surface area contributed by atoms with Crippen LogP contribution in [0.3, 0.4) is 0 Å². The Kier molecular flexibility index (Phi) is 6.12. The van der Waals surface area contributed by atoms with E-state index in [4.69, 9.17) is 9.15 Å². The van der Waals surface area contributed by atoms with Gasteiger partial charge in [0, 0.05) is 18.8 Å². The molecule has 9 heteroatoms. The van der Waals surface area contributed by atoms with Gasteiger partial charge in [-0.15, -0.1) is 0 Å². The fourth-order valence-corrected chi connectivity index (χ4v) is 5.69. The normalized spacial score (nSPS) is 15.4. The molecule has 0 amide bonds. The minimum absolute atomic E-state index is 0.250. The standard InChI is InChI=1S/C21H22N2O5S2/c1-27-20(24)16-7-5-15(6-8-16)14-29-21-22-18-13-17(9-10-19(18)28-21)30(25,26)23-11-3-2-4-12-23/h5-10,13H,2-4,11-12,14H2,1H3. The molecule has 0 saturated carbocycles. The van der Waals surface area contributed by atoms with Gasteiger partial charge in [0.15, 0.2) is 5.58 Å². The lowest BCUT2D eigenvalue weighted by Gasteiger charge is -2.25. The number of ether oxygens (including phenoxy) is 1. The van der Waals surface area contributed by atoms with E-state index in [-0.39, 0.29) is 10.9 Å². The van der Waals surface area contributed by atoms with E-state index in [1.165, 1.54) is 18.9 Å². The van der Waals surface area contributed by atoms with Crippen molar-refractivity contribution in [2.24, 2.45) is 0 Å². The SMILES string of the molecule is COC(=O)c1ccc(CSc2nc3cc(S(=O)(=O)N4CCCCC4)ccc3o2)cc1. The number of aromatic nitrogens is 1. The summed E-state index contributed by atoms with van der Waals surface area (Å²) in [4.78, 5) is 16.2. The van der Waals surface area contributed by atoms with E-state index in [2.05, 4.69) is 4.98 Å². The maximum absolute atomic E-state index is 12.9. The molecule has 30 heavy (non-hydrogen) atoms. The number of methoxy groups -OCH3 is 1. The van der Waals surface area contributed by atoms with Crippen LogP contribution in [0, 0.1) is 0 Å². The summed E-state index contributed by atoms with van der Waals surface area (Å²) in [6.45, 7) is 1.13. The summed E-state index contributed by atoms with van der Waals surface area (Å²) in [6.07, 6.45) is 2.86. The van der Waals surface area contributed by atoms with Gasteiger partial charge >= 0.3 is 5.97 Å². The Morgan fingerprint density at radius 1 is 1.13 bits per heavy atom. The predicted molar refractivity (Wildman–Crippen MR) is 114 cm³/mol. The van der Waals surface area contributed by atoms with Gasteiger partial charge in [0.1, 0.15) is 5.52 Å². The zero-order chi connectivity index (χ0) is 21.1. The second kappa shape index (κ2) is 8.79. The number of hydrogen-bond acceptors (Lipinski definition) is 7. The molecule has 4 rings (SSSR count). The average Bonchev–Trinajstić information content (AvgIpc) is 3.20. The molecule has 7 nitrogen and oxygen atoms in total. The van der Waals surface area contributed by atoms with Gasteiger partial charge in [-0.05, 0) is 48.7 Å². The highest BCUT2D eigenvalue weighted by Gasteiger charge is 2.26. The van der Waals surface area contributed by atoms with Crippen molar-refractivity contribution in [3.8, 4) is 0 Å². The van der Waals surface area contributed by atoms with E-state index in [9.17, 15) is 13.2 Å². The Morgan fingerprint density at radius 2 is 1.87 bits per heavy atom. The minimum Gasteiger partial charge on any atom is -0.465 e. The number of hydrogen-bond donors (Lipinski definition) is 0. The molecule has 0 spiro atoms. The van der Waals surface area contributed by atoms with Crippen LogP contribution in [0.4, 0.5) is 0 Å². The van der Waals surface area contributed by atoms with Crippen molar-refractivity contribution in [3.63, 3.8) is 0 Å². The van der Waals surface area contributed by atoms with Crippen molar-refractivity contribution in [2.75, 3.05) is 20.2 Å². The van der Waals surface area contributed by atoms with E-state index in [1.807, 2.05) is 12.1 Å². The largest absolute Gasteiger partial charge is 0.465 e. The molecule has 2 heterocycles. The molecule has 1 fully saturated rings. The predicted octanol–water partition coefficient (Wildman–Crippen LogP) is 4.08. The van der Waals surface area contributed by atoms with E-state index >= 15 is 0 Å². The molecule has 1 aromatic heterocycles. The molecule has 158 valence electrons. The molecular formula is C21H22N2O5S2. The van der Waals surface area contributed by atoms with Gasteiger partial charge in [0.25, 0.3) is 5.22 Å². The molecule has 0 bridgehead atoms. The van der Waals surface area contributed by atoms with Gasteiger partial charge < -0.3 is 9.15 Å². The van der Waals surface area contributed by atoms with Crippen molar-refractivity contribution in [2.45, 2.75) is 35.1 Å². The van der Waals surface area contributed by atoms with Gasteiger partial charge in [0.2, 0.25) is 10.0 Å². The van der Waals surface area contributed by atoms with Crippen molar-refractivity contribution < 1.29 is 22.4 Å². The lowest BCUT2D eigenvalue weighted by atomic mass is 10.1. The summed E-state index contributed by atoms with van der Waals surface area (Å²) in [6, 6.07) is 12.0. The van der Waals surface area contributed by atoms with E-state index in [0.29, 0.717) is 40.7 Å². The third-order valence-corrected chi connectivity index (χ3v) is 7.82. The molecule has 1 aliphatic heterocycles. The smallest absolute Gasteiger partial charge is 0.337 e. The summed E-state index contributed by atoms with van der Waals surface area (Å²) >= 11 is 1.41. The maximum Gasteiger partial charge on any atom is 0.337 e. The minimum atomic E-state index is -3.51. The number of sulfonamides is 1. The topological polar surface area (TPSA) is 89.7 Å². The summed E-state index contributed by atoms with van der Waals surface area (Å²) in [5.74, 6) is 0.233. The van der Waals surface area contributed by atoms with Gasteiger partial charge in [-0.1, -0.05) is 30.3 Å². The first-order chi connectivity index (χ1) is 14.5. The van der Waals surface area contributed by atoms with Crippen LogP contribution < -0.4 is 0 Å². The Morgan fingerprint density at radius 3 is 2.57 bits per heavy atom. The number of carbonyl (C=O) groups is 1. The van der Waals surface area contributed by atoms with Gasteiger partial charge in [-0.25, -0.2) is 18.2 Å². The highest BCUT2D eigenvalue weighted by Crippen LogP contribution is 2.29. The van der Waals surface area contributed by atoms with Crippen molar-refractivity contribution >= 4 is 38.9 Å². The van der Waals surface area contributed by atoms with Crippen molar-refractivity contribution in [1.82, 2.24) is 9.29 Å². The quantitative estimate of drug-likeness (QED) is 0.416. The van der Waals surface area contributed by atoms with E-state index < -0.39 is 10.0 Å². The van der Waals surface area contributed by atoms with Crippen LogP contribution in [-0.4, -0.2) is 43.9 Å². The second-order valence-corrected chi connectivity index (χ2v) is 9.92.